The molecular weight excluding hydrogens is 228 g/mol. The number of rotatable bonds is 4. The van der Waals surface area contributed by atoms with Crippen LogP contribution in [0.5, 0.6) is 0 Å². The highest BCUT2D eigenvalue weighted by Crippen LogP contribution is 2.35. The molecule has 0 fully saturated rings. The molecule has 92 valence electrons. The molecule has 0 saturated carbocycles. The number of carboxylic acids is 1. The molecule has 3 N–H and O–H groups in total. The normalized spacial score (nSPS) is 14.1. The van der Waals surface area contributed by atoms with Gasteiger partial charge < -0.3 is 10.8 Å². The first-order valence-corrected chi connectivity index (χ1v) is 4.93. The first-order chi connectivity index (χ1) is 7.84. The number of hydrogen-bond donors (Lipinski definition) is 2. The maximum Gasteiger partial charge on any atom is 0.314 e. The Hall–Kier alpha value is -1.91. The highest BCUT2D eigenvalue weighted by molar-refractivity contribution is 5.83. The molecule has 0 aliphatic carbocycles. The van der Waals surface area contributed by atoms with E-state index >= 15 is 0 Å². The summed E-state index contributed by atoms with van der Waals surface area (Å²) in [5.74, 6) is -3.63. The fourth-order valence-electron chi connectivity index (χ4n) is 1.71. The van der Waals surface area contributed by atoms with Crippen molar-refractivity contribution in [2.75, 3.05) is 5.73 Å². The summed E-state index contributed by atoms with van der Waals surface area (Å²) in [6, 6.07) is 2.02. The first kappa shape index (κ1) is 13.2. The van der Waals surface area contributed by atoms with Crippen LogP contribution in [0.3, 0.4) is 0 Å². The number of nitrogens with two attached hydrogens (primary N) is 1. The van der Waals surface area contributed by atoms with E-state index in [1.165, 1.54) is 13.0 Å². The number of anilines is 1. The van der Waals surface area contributed by atoms with Gasteiger partial charge in [-0.15, -0.1) is 6.58 Å². The van der Waals surface area contributed by atoms with E-state index in [0.717, 1.165) is 12.1 Å². The van der Waals surface area contributed by atoms with Crippen LogP contribution in [0.2, 0.25) is 0 Å². The minimum atomic E-state index is -1.63. The number of aliphatic carboxylic acids is 1. The second-order valence-corrected chi connectivity index (χ2v) is 3.96. The van der Waals surface area contributed by atoms with Crippen molar-refractivity contribution < 1.29 is 18.7 Å². The maximum absolute atomic E-state index is 13.7. The topological polar surface area (TPSA) is 63.3 Å². The van der Waals surface area contributed by atoms with Crippen molar-refractivity contribution in [2.24, 2.45) is 0 Å². The molecule has 1 aromatic carbocycles. The number of carbonyl (C=O) groups is 1. The molecule has 1 aromatic rings. The molecule has 3 nitrogen and oxygen atoms in total. The highest BCUT2D eigenvalue weighted by Gasteiger charge is 2.39. The third kappa shape index (κ3) is 2.13. The zero-order valence-electron chi connectivity index (χ0n) is 9.34. The van der Waals surface area contributed by atoms with Gasteiger partial charge in [0.1, 0.15) is 0 Å². The Morgan fingerprint density at radius 2 is 2.18 bits per heavy atom. The zero-order valence-corrected chi connectivity index (χ0v) is 9.34. The molecule has 0 aliphatic rings. The summed E-state index contributed by atoms with van der Waals surface area (Å²) in [5, 5.41) is 9.16. The van der Waals surface area contributed by atoms with Crippen LogP contribution in [-0.4, -0.2) is 11.1 Å². The molecule has 0 bridgehead atoms. The van der Waals surface area contributed by atoms with Gasteiger partial charge >= 0.3 is 5.97 Å². The molecule has 0 aromatic heterocycles. The summed E-state index contributed by atoms with van der Waals surface area (Å²) in [4.78, 5) is 11.2. The molecule has 0 radical (unpaired) electrons. The number of carboxylic acid groups (broad SMARTS) is 1. The Balaban J connectivity index is 3.53. The minimum absolute atomic E-state index is 0.0487. The average molecular weight is 241 g/mol. The van der Waals surface area contributed by atoms with Gasteiger partial charge in [0.05, 0.1) is 5.41 Å². The van der Waals surface area contributed by atoms with Gasteiger partial charge in [-0.1, -0.05) is 6.08 Å². The summed E-state index contributed by atoms with van der Waals surface area (Å²) in [5.41, 5.74) is 3.48. The molecule has 0 saturated heterocycles. The molecule has 5 heteroatoms. The predicted molar refractivity (Wildman–Crippen MR) is 60.6 cm³/mol. The van der Waals surface area contributed by atoms with E-state index in [2.05, 4.69) is 6.58 Å². The van der Waals surface area contributed by atoms with Crippen LogP contribution in [-0.2, 0) is 10.2 Å². The number of hydrogen-bond acceptors (Lipinski definition) is 2. The number of nitrogen functional groups attached to an aromatic ring is 1. The smallest absolute Gasteiger partial charge is 0.314 e. The minimum Gasteiger partial charge on any atom is -0.481 e. The molecule has 0 aliphatic heterocycles. The van der Waals surface area contributed by atoms with Crippen molar-refractivity contribution in [2.45, 2.75) is 18.8 Å². The van der Waals surface area contributed by atoms with Gasteiger partial charge in [0.15, 0.2) is 11.6 Å². The summed E-state index contributed by atoms with van der Waals surface area (Å²) >= 11 is 0. The predicted octanol–water partition coefficient (Wildman–Crippen LogP) is 2.47. The molecular formula is C12H13F2NO2. The van der Waals surface area contributed by atoms with Crippen molar-refractivity contribution in [1.82, 2.24) is 0 Å². The fourth-order valence-corrected chi connectivity index (χ4v) is 1.71. The molecule has 17 heavy (non-hydrogen) atoms. The third-order valence-electron chi connectivity index (χ3n) is 2.70. The van der Waals surface area contributed by atoms with E-state index in [-0.39, 0.29) is 17.7 Å². The number of benzene rings is 1. The van der Waals surface area contributed by atoms with Gasteiger partial charge in [0, 0.05) is 11.3 Å². The van der Waals surface area contributed by atoms with Crippen molar-refractivity contribution in [3.63, 3.8) is 0 Å². The van der Waals surface area contributed by atoms with Gasteiger partial charge in [-0.25, -0.2) is 8.78 Å². The Labute approximate surface area is 97.6 Å². The third-order valence-corrected chi connectivity index (χ3v) is 2.70. The maximum atomic E-state index is 13.7. The van der Waals surface area contributed by atoms with Gasteiger partial charge in [-0.05, 0) is 25.5 Å². The monoisotopic (exact) mass is 241 g/mol. The summed E-state index contributed by atoms with van der Waals surface area (Å²) in [6.45, 7) is 4.70. The van der Waals surface area contributed by atoms with Crippen LogP contribution < -0.4 is 5.73 Å². The highest BCUT2D eigenvalue weighted by atomic mass is 19.2. The number of halogens is 2. The lowest BCUT2D eigenvalue weighted by atomic mass is 9.78. The van der Waals surface area contributed by atoms with Gasteiger partial charge in [-0.2, -0.15) is 0 Å². The lowest BCUT2D eigenvalue weighted by Crippen LogP contribution is -2.34. The van der Waals surface area contributed by atoms with Gasteiger partial charge in [0.25, 0.3) is 0 Å². The van der Waals surface area contributed by atoms with E-state index in [0.29, 0.717) is 0 Å². The molecule has 1 atom stereocenters. The zero-order chi connectivity index (χ0) is 13.2. The van der Waals surface area contributed by atoms with Crippen LogP contribution in [0, 0.1) is 11.6 Å². The van der Waals surface area contributed by atoms with E-state index in [1.807, 2.05) is 0 Å². The Morgan fingerprint density at radius 1 is 1.59 bits per heavy atom. The van der Waals surface area contributed by atoms with Gasteiger partial charge in [0.2, 0.25) is 0 Å². The summed E-state index contributed by atoms with van der Waals surface area (Å²) in [7, 11) is 0. The van der Waals surface area contributed by atoms with Crippen molar-refractivity contribution in [3.05, 3.63) is 42.0 Å². The first-order valence-electron chi connectivity index (χ1n) is 4.93. The number of allylic oxidation sites excluding steroid dienone is 1. The van der Waals surface area contributed by atoms with E-state index in [1.54, 1.807) is 0 Å². The van der Waals surface area contributed by atoms with Crippen molar-refractivity contribution >= 4 is 11.7 Å². The molecule has 0 heterocycles. The van der Waals surface area contributed by atoms with Crippen LogP contribution in [0.25, 0.3) is 0 Å². The average Bonchev–Trinajstić information content (AvgIpc) is 2.24. The lowest BCUT2D eigenvalue weighted by Gasteiger charge is -2.25. The Morgan fingerprint density at radius 3 is 2.65 bits per heavy atom. The van der Waals surface area contributed by atoms with Crippen molar-refractivity contribution in [1.29, 1.82) is 0 Å². The Bertz CT molecular complexity index is 474. The van der Waals surface area contributed by atoms with E-state index in [9.17, 15) is 13.6 Å². The lowest BCUT2D eigenvalue weighted by molar-refractivity contribution is -0.143. The largest absolute Gasteiger partial charge is 0.481 e. The second-order valence-electron chi connectivity index (χ2n) is 3.96. The second kappa shape index (κ2) is 4.53. The van der Waals surface area contributed by atoms with Crippen molar-refractivity contribution in [3.8, 4) is 0 Å². The van der Waals surface area contributed by atoms with Crippen LogP contribution in [0.1, 0.15) is 18.9 Å². The fraction of sp³-hybridized carbons (Fsp3) is 0.250. The summed E-state index contributed by atoms with van der Waals surface area (Å²) in [6.07, 6.45) is 1.28. The molecule has 0 spiro atoms. The molecule has 0 amide bonds. The van der Waals surface area contributed by atoms with E-state index in [4.69, 9.17) is 10.8 Å². The molecule has 1 rings (SSSR count). The quantitative estimate of drug-likeness (QED) is 0.628. The Kier molecular flexibility index (Phi) is 3.50. The van der Waals surface area contributed by atoms with Crippen LogP contribution >= 0.6 is 0 Å². The SMILES string of the molecule is C=CCC(C)(C(=O)O)c1c(N)ccc(F)c1F. The standard InChI is InChI=1S/C12H13F2NO2/c1-3-6-12(2,11(16)17)9-8(15)5-4-7(13)10(9)14/h3-5H,1,6,15H2,2H3,(H,16,17). The van der Waals surface area contributed by atoms with Gasteiger partial charge in [-0.3, -0.25) is 4.79 Å². The summed E-state index contributed by atoms with van der Waals surface area (Å²) < 4.78 is 26.8. The van der Waals surface area contributed by atoms with Crippen LogP contribution in [0.4, 0.5) is 14.5 Å². The van der Waals surface area contributed by atoms with E-state index < -0.39 is 23.0 Å². The van der Waals surface area contributed by atoms with Crippen LogP contribution in [0.15, 0.2) is 24.8 Å². The molecule has 1 unspecified atom stereocenters.